The maximum Gasteiger partial charge on any atom is 0.261 e. The Morgan fingerprint density at radius 1 is 1.17 bits per heavy atom. The minimum Gasteiger partial charge on any atom is -0.481 e. The van der Waals surface area contributed by atoms with E-state index in [4.69, 9.17) is 16.3 Å². The molecule has 7 heteroatoms. The first-order chi connectivity index (χ1) is 13.6. The highest BCUT2D eigenvalue weighted by Gasteiger charge is 2.28. The molecule has 0 aliphatic rings. The van der Waals surface area contributed by atoms with Crippen LogP contribution in [0.3, 0.4) is 0 Å². The molecule has 0 bridgehead atoms. The molecule has 0 saturated heterocycles. The van der Waals surface area contributed by atoms with Crippen LogP contribution in [0.4, 0.5) is 4.39 Å². The minimum absolute atomic E-state index is 0.0182. The van der Waals surface area contributed by atoms with Gasteiger partial charge in [-0.15, -0.1) is 0 Å². The Hall–Kier alpha value is -2.60. The van der Waals surface area contributed by atoms with Gasteiger partial charge in [-0.2, -0.15) is 0 Å². The molecule has 2 amide bonds. The first kappa shape index (κ1) is 22.7. The minimum atomic E-state index is -0.759. The average Bonchev–Trinajstić information content (AvgIpc) is 2.63. The smallest absolute Gasteiger partial charge is 0.261 e. The summed E-state index contributed by atoms with van der Waals surface area (Å²) in [7, 11) is 0. The maximum absolute atomic E-state index is 13.8. The lowest BCUT2D eigenvalue weighted by atomic mass is 10.1. The molecule has 0 aromatic heterocycles. The summed E-state index contributed by atoms with van der Waals surface area (Å²) in [6, 6.07) is 12.1. The summed E-state index contributed by atoms with van der Waals surface area (Å²) in [6.07, 6.45) is 0. The van der Waals surface area contributed by atoms with E-state index in [0.29, 0.717) is 5.02 Å². The number of carbonyl (C=O) groups excluding carboxylic acids is 2. The number of nitrogens with one attached hydrogen (secondary N) is 1. The normalized spacial score (nSPS) is 12.2. The van der Waals surface area contributed by atoms with Gasteiger partial charge in [-0.1, -0.05) is 35.9 Å². The standard InChI is InChI=1S/C22H26ClFN2O3/c1-15(21(28)25-22(2,3)4)26(13-16-8-7-9-17(23)12-16)20(27)14-29-19-11-6-5-10-18(19)24/h5-12,15H,13-14H2,1-4H3,(H,25,28). The Balaban J connectivity index is 2.19. The molecule has 5 nitrogen and oxygen atoms in total. The number of carbonyl (C=O) groups is 2. The van der Waals surface area contributed by atoms with Gasteiger partial charge in [0.2, 0.25) is 5.91 Å². The van der Waals surface area contributed by atoms with E-state index < -0.39 is 29.9 Å². The van der Waals surface area contributed by atoms with Crippen molar-refractivity contribution in [3.63, 3.8) is 0 Å². The van der Waals surface area contributed by atoms with Gasteiger partial charge < -0.3 is 15.0 Å². The van der Waals surface area contributed by atoms with Crippen molar-refractivity contribution in [3.8, 4) is 5.75 Å². The molecular weight excluding hydrogens is 395 g/mol. The topological polar surface area (TPSA) is 58.6 Å². The van der Waals surface area contributed by atoms with Crippen molar-refractivity contribution < 1.29 is 18.7 Å². The third kappa shape index (κ3) is 7.06. The zero-order chi connectivity index (χ0) is 21.6. The number of hydrogen-bond acceptors (Lipinski definition) is 3. The van der Waals surface area contributed by atoms with Gasteiger partial charge >= 0.3 is 0 Å². The zero-order valence-corrected chi connectivity index (χ0v) is 17.8. The molecule has 0 saturated carbocycles. The van der Waals surface area contributed by atoms with E-state index in [1.807, 2.05) is 26.8 Å². The van der Waals surface area contributed by atoms with E-state index in [1.54, 1.807) is 31.2 Å². The summed E-state index contributed by atoms with van der Waals surface area (Å²) in [4.78, 5) is 26.9. The number of amides is 2. The Kier molecular flexibility index (Phi) is 7.62. The van der Waals surface area contributed by atoms with Crippen LogP contribution in [0.1, 0.15) is 33.3 Å². The highest BCUT2D eigenvalue weighted by molar-refractivity contribution is 6.30. The van der Waals surface area contributed by atoms with Crippen LogP contribution in [0.2, 0.25) is 5.02 Å². The van der Waals surface area contributed by atoms with Crippen molar-refractivity contribution in [2.45, 2.75) is 45.8 Å². The Morgan fingerprint density at radius 3 is 2.48 bits per heavy atom. The van der Waals surface area contributed by atoms with Crippen molar-refractivity contribution in [2.24, 2.45) is 0 Å². The lowest BCUT2D eigenvalue weighted by Crippen LogP contribution is -2.53. The molecular formula is C22H26ClFN2O3. The van der Waals surface area contributed by atoms with Crippen molar-refractivity contribution >= 4 is 23.4 Å². The lowest BCUT2D eigenvalue weighted by molar-refractivity contribution is -0.142. The summed E-state index contributed by atoms with van der Waals surface area (Å²) in [5.74, 6) is -1.31. The summed E-state index contributed by atoms with van der Waals surface area (Å²) in [5.41, 5.74) is 0.326. The van der Waals surface area contributed by atoms with E-state index in [-0.39, 0.29) is 18.2 Å². The predicted octanol–water partition coefficient (Wildman–Crippen LogP) is 4.19. The quantitative estimate of drug-likeness (QED) is 0.730. The Morgan fingerprint density at radius 2 is 1.86 bits per heavy atom. The Labute approximate surface area is 175 Å². The Bertz CT molecular complexity index is 867. The summed E-state index contributed by atoms with van der Waals surface area (Å²) < 4.78 is 19.1. The summed E-state index contributed by atoms with van der Waals surface area (Å²) in [6.45, 7) is 7.01. The summed E-state index contributed by atoms with van der Waals surface area (Å²) in [5, 5.41) is 3.41. The molecule has 1 atom stereocenters. The van der Waals surface area contributed by atoms with E-state index >= 15 is 0 Å². The third-order valence-corrected chi connectivity index (χ3v) is 4.33. The largest absolute Gasteiger partial charge is 0.481 e. The van der Waals surface area contributed by atoms with Crippen LogP contribution in [0.15, 0.2) is 48.5 Å². The van der Waals surface area contributed by atoms with Crippen molar-refractivity contribution in [2.75, 3.05) is 6.61 Å². The van der Waals surface area contributed by atoms with E-state index in [2.05, 4.69) is 5.32 Å². The molecule has 1 N–H and O–H groups in total. The summed E-state index contributed by atoms with van der Waals surface area (Å²) >= 11 is 6.05. The number of rotatable bonds is 7. The highest BCUT2D eigenvalue weighted by atomic mass is 35.5. The molecule has 156 valence electrons. The second-order valence-corrected chi connectivity index (χ2v) is 8.22. The van der Waals surface area contributed by atoms with Crippen LogP contribution in [0.5, 0.6) is 5.75 Å². The first-order valence-electron chi connectivity index (χ1n) is 9.30. The van der Waals surface area contributed by atoms with Gasteiger partial charge in [0.1, 0.15) is 6.04 Å². The molecule has 0 heterocycles. The lowest BCUT2D eigenvalue weighted by Gasteiger charge is -2.31. The average molecular weight is 421 g/mol. The predicted molar refractivity (Wildman–Crippen MR) is 111 cm³/mol. The second kappa shape index (κ2) is 9.74. The second-order valence-electron chi connectivity index (χ2n) is 7.79. The molecule has 0 spiro atoms. The number of benzene rings is 2. The van der Waals surface area contributed by atoms with Crippen molar-refractivity contribution in [3.05, 3.63) is 64.9 Å². The number of nitrogens with zero attached hydrogens (tertiary/aromatic N) is 1. The fourth-order valence-corrected chi connectivity index (χ4v) is 2.89. The van der Waals surface area contributed by atoms with Crippen LogP contribution in [-0.4, -0.2) is 34.9 Å². The molecule has 29 heavy (non-hydrogen) atoms. The van der Waals surface area contributed by atoms with E-state index in [9.17, 15) is 14.0 Å². The van der Waals surface area contributed by atoms with Crippen molar-refractivity contribution in [1.29, 1.82) is 0 Å². The van der Waals surface area contributed by atoms with E-state index in [0.717, 1.165) is 5.56 Å². The molecule has 0 aliphatic heterocycles. The van der Waals surface area contributed by atoms with Gasteiger partial charge in [-0.3, -0.25) is 9.59 Å². The zero-order valence-electron chi connectivity index (χ0n) is 17.0. The van der Waals surface area contributed by atoms with E-state index in [1.165, 1.54) is 23.1 Å². The number of ether oxygens (including phenoxy) is 1. The fourth-order valence-electron chi connectivity index (χ4n) is 2.67. The van der Waals surface area contributed by atoms with Crippen LogP contribution < -0.4 is 10.1 Å². The van der Waals surface area contributed by atoms with Gasteiger partial charge in [0.05, 0.1) is 0 Å². The number of hydrogen-bond donors (Lipinski definition) is 1. The third-order valence-electron chi connectivity index (χ3n) is 4.10. The molecule has 2 aromatic rings. The SMILES string of the molecule is CC(C(=O)NC(C)(C)C)N(Cc1cccc(Cl)c1)C(=O)COc1ccccc1F. The maximum atomic E-state index is 13.8. The molecule has 2 rings (SSSR count). The van der Waals surface area contributed by atoms with Crippen LogP contribution in [0.25, 0.3) is 0 Å². The van der Waals surface area contributed by atoms with Crippen LogP contribution in [0, 0.1) is 5.82 Å². The molecule has 1 unspecified atom stereocenters. The van der Waals surface area contributed by atoms with Crippen LogP contribution in [-0.2, 0) is 16.1 Å². The van der Waals surface area contributed by atoms with Gasteiger partial charge in [0, 0.05) is 17.1 Å². The molecule has 0 radical (unpaired) electrons. The van der Waals surface area contributed by atoms with Gasteiger partial charge in [0.15, 0.2) is 18.2 Å². The number of para-hydroxylation sites is 1. The fraction of sp³-hybridized carbons (Fsp3) is 0.364. The first-order valence-corrected chi connectivity index (χ1v) is 9.68. The van der Waals surface area contributed by atoms with Crippen LogP contribution >= 0.6 is 11.6 Å². The molecule has 2 aromatic carbocycles. The van der Waals surface area contributed by atoms with Gasteiger partial charge in [0.25, 0.3) is 5.91 Å². The molecule has 0 aliphatic carbocycles. The van der Waals surface area contributed by atoms with Gasteiger partial charge in [-0.25, -0.2) is 4.39 Å². The highest BCUT2D eigenvalue weighted by Crippen LogP contribution is 2.18. The molecule has 0 fully saturated rings. The monoisotopic (exact) mass is 420 g/mol. The van der Waals surface area contributed by atoms with Crippen molar-refractivity contribution in [1.82, 2.24) is 10.2 Å². The van der Waals surface area contributed by atoms with Gasteiger partial charge in [-0.05, 0) is 57.5 Å². The number of halogens is 2.